The maximum Gasteiger partial charge on any atom is 0.137 e. The Morgan fingerprint density at radius 3 is 2.93 bits per heavy atom. The van der Waals surface area contributed by atoms with Crippen LogP contribution in [-0.4, -0.2) is 29.7 Å². The van der Waals surface area contributed by atoms with Crippen LogP contribution in [0.4, 0.5) is 5.82 Å². The normalized spacial score (nSPS) is 12.5. The van der Waals surface area contributed by atoms with E-state index in [1.807, 2.05) is 6.92 Å². The highest BCUT2D eigenvalue weighted by molar-refractivity contribution is 6.30. The first-order valence-corrected chi connectivity index (χ1v) is 5.25. The van der Waals surface area contributed by atoms with Gasteiger partial charge < -0.3 is 10.1 Å². The van der Waals surface area contributed by atoms with Gasteiger partial charge in [0.2, 0.25) is 0 Å². The third kappa shape index (κ3) is 3.64. The van der Waals surface area contributed by atoms with Crippen LogP contribution in [0.5, 0.6) is 0 Å². The van der Waals surface area contributed by atoms with Crippen molar-refractivity contribution < 1.29 is 4.74 Å². The summed E-state index contributed by atoms with van der Waals surface area (Å²) in [6.07, 6.45) is 2.39. The molecule has 0 fully saturated rings. The van der Waals surface area contributed by atoms with Crippen LogP contribution in [-0.2, 0) is 4.74 Å². The van der Waals surface area contributed by atoms with Crippen LogP contribution in [0, 0.1) is 6.92 Å². The van der Waals surface area contributed by atoms with E-state index >= 15 is 0 Å². The number of hydrogen-bond acceptors (Lipinski definition) is 4. The summed E-state index contributed by atoms with van der Waals surface area (Å²) in [6.45, 7) is 4.70. The van der Waals surface area contributed by atoms with E-state index in [-0.39, 0.29) is 0 Å². The lowest BCUT2D eigenvalue weighted by Gasteiger charge is -2.15. The van der Waals surface area contributed by atoms with Gasteiger partial charge >= 0.3 is 0 Å². The van der Waals surface area contributed by atoms with Crippen molar-refractivity contribution in [1.29, 1.82) is 0 Å². The molecular weight excluding hydrogens is 214 g/mol. The predicted octanol–water partition coefficient (Wildman–Crippen LogP) is 2.28. The Morgan fingerprint density at radius 2 is 2.27 bits per heavy atom. The lowest BCUT2D eigenvalue weighted by Crippen LogP contribution is -2.18. The summed E-state index contributed by atoms with van der Waals surface area (Å²) in [5.74, 6) is 0.790. The Morgan fingerprint density at radius 1 is 1.53 bits per heavy atom. The van der Waals surface area contributed by atoms with Gasteiger partial charge in [0, 0.05) is 25.3 Å². The lowest BCUT2D eigenvalue weighted by atomic mass is 10.2. The summed E-state index contributed by atoms with van der Waals surface area (Å²) in [4.78, 5) is 8.04. The number of anilines is 1. The number of rotatable bonds is 5. The lowest BCUT2D eigenvalue weighted by molar-refractivity contribution is 0.191. The molecule has 0 aliphatic rings. The second-order valence-electron chi connectivity index (χ2n) is 3.46. The largest absolute Gasteiger partial charge is 0.385 e. The van der Waals surface area contributed by atoms with Crippen molar-refractivity contribution in [2.45, 2.75) is 26.3 Å². The third-order valence-corrected chi connectivity index (χ3v) is 2.54. The molecule has 1 rings (SSSR count). The number of aromatic nitrogens is 2. The second-order valence-corrected chi connectivity index (χ2v) is 3.82. The molecule has 0 amide bonds. The first-order valence-electron chi connectivity index (χ1n) is 4.87. The zero-order chi connectivity index (χ0) is 11.3. The number of ether oxygens (including phenoxy) is 1. The molecule has 1 aromatic heterocycles. The SMILES string of the molecule is COCCC(C)Nc1ncnc(Cl)c1C. The molecule has 1 heterocycles. The molecule has 0 spiro atoms. The monoisotopic (exact) mass is 229 g/mol. The maximum atomic E-state index is 5.89. The summed E-state index contributed by atoms with van der Waals surface area (Å²) in [5, 5.41) is 3.76. The fourth-order valence-corrected chi connectivity index (χ4v) is 1.31. The van der Waals surface area contributed by atoms with Gasteiger partial charge in [-0.15, -0.1) is 0 Å². The molecule has 0 radical (unpaired) electrons. The summed E-state index contributed by atoms with van der Waals surface area (Å²) in [5.41, 5.74) is 0.878. The molecule has 1 aromatic rings. The number of halogens is 1. The van der Waals surface area contributed by atoms with Crippen molar-refractivity contribution in [2.24, 2.45) is 0 Å². The van der Waals surface area contributed by atoms with E-state index in [1.54, 1.807) is 7.11 Å². The molecule has 84 valence electrons. The minimum absolute atomic E-state index is 0.301. The van der Waals surface area contributed by atoms with Gasteiger partial charge in [0.15, 0.2) is 0 Å². The Hall–Kier alpha value is -0.870. The Bertz CT molecular complexity index is 320. The fourth-order valence-electron chi connectivity index (χ4n) is 1.17. The predicted molar refractivity (Wildman–Crippen MR) is 61.4 cm³/mol. The zero-order valence-electron chi connectivity index (χ0n) is 9.25. The van der Waals surface area contributed by atoms with Crippen LogP contribution in [0.15, 0.2) is 6.33 Å². The standard InChI is InChI=1S/C10H16ClN3O/c1-7(4-5-15-3)14-10-8(2)9(11)12-6-13-10/h6-7H,4-5H2,1-3H3,(H,12,13,14). The Labute approximate surface area is 95.0 Å². The van der Waals surface area contributed by atoms with E-state index in [4.69, 9.17) is 16.3 Å². The fraction of sp³-hybridized carbons (Fsp3) is 0.600. The van der Waals surface area contributed by atoms with Crippen molar-refractivity contribution >= 4 is 17.4 Å². The van der Waals surface area contributed by atoms with Crippen LogP contribution in [0.2, 0.25) is 5.15 Å². The molecule has 0 saturated heterocycles. The van der Waals surface area contributed by atoms with E-state index in [0.717, 1.165) is 24.4 Å². The smallest absolute Gasteiger partial charge is 0.137 e. The van der Waals surface area contributed by atoms with Gasteiger partial charge in [-0.2, -0.15) is 0 Å². The van der Waals surface area contributed by atoms with Gasteiger partial charge in [-0.1, -0.05) is 11.6 Å². The van der Waals surface area contributed by atoms with Crippen molar-refractivity contribution in [3.63, 3.8) is 0 Å². The molecule has 0 aliphatic carbocycles. The first kappa shape index (κ1) is 12.2. The zero-order valence-corrected chi connectivity index (χ0v) is 10.0. The summed E-state index contributed by atoms with van der Waals surface area (Å²) < 4.78 is 5.01. The van der Waals surface area contributed by atoms with E-state index in [2.05, 4.69) is 22.2 Å². The van der Waals surface area contributed by atoms with E-state index < -0.39 is 0 Å². The highest BCUT2D eigenvalue weighted by atomic mass is 35.5. The summed E-state index contributed by atoms with van der Waals surface area (Å²) in [7, 11) is 1.69. The molecule has 15 heavy (non-hydrogen) atoms. The number of hydrogen-bond donors (Lipinski definition) is 1. The van der Waals surface area contributed by atoms with Gasteiger partial charge in [0.05, 0.1) is 0 Å². The van der Waals surface area contributed by atoms with Gasteiger partial charge in [-0.25, -0.2) is 9.97 Å². The molecular formula is C10H16ClN3O. The van der Waals surface area contributed by atoms with Crippen molar-refractivity contribution in [1.82, 2.24) is 9.97 Å². The minimum Gasteiger partial charge on any atom is -0.385 e. The van der Waals surface area contributed by atoms with Gasteiger partial charge in [0.1, 0.15) is 17.3 Å². The third-order valence-electron chi connectivity index (χ3n) is 2.16. The van der Waals surface area contributed by atoms with Gasteiger partial charge in [-0.05, 0) is 20.3 Å². The number of methoxy groups -OCH3 is 1. The molecule has 0 aromatic carbocycles. The van der Waals surface area contributed by atoms with Crippen LogP contribution in [0.1, 0.15) is 18.9 Å². The quantitative estimate of drug-likeness (QED) is 0.787. The van der Waals surface area contributed by atoms with Crippen LogP contribution in [0.3, 0.4) is 0 Å². The number of nitrogens with zero attached hydrogens (tertiary/aromatic N) is 2. The van der Waals surface area contributed by atoms with Crippen LogP contribution in [0.25, 0.3) is 0 Å². The molecule has 1 unspecified atom stereocenters. The van der Waals surface area contributed by atoms with Gasteiger partial charge in [-0.3, -0.25) is 0 Å². The Balaban J connectivity index is 2.60. The topological polar surface area (TPSA) is 47.0 Å². The second kappa shape index (κ2) is 5.88. The molecule has 0 saturated carbocycles. The summed E-state index contributed by atoms with van der Waals surface area (Å²) in [6, 6.07) is 0.301. The van der Waals surface area contributed by atoms with E-state index in [9.17, 15) is 0 Å². The maximum absolute atomic E-state index is 5.89. The van der Waals surface area contributed by atoms with Crippen molar-refractivity contribution in [3.8, 4) is 0 Å². The van der Waals surface area contributed by atoms with Crippen LogP contribution < -0.4 is 5.32 Å². The highest BCUT2D eigenvalue weighted by Crippen LogP contribution is 2.18. The minimum atomic E-state index is 0.301. The molecule has 1 atom stereocenters. The summed E-state index contributed by atoms with van der Waals surface area (Å²) >= 11 is 5.89. The average Bonchev–Trinajstić information content (AvgIpc) is 2.22. The van der Waals surface area contributed by atoms with E-state index in [0.29, 0.717) is 11.2 Å². The molecule has 1 N–H and O–H groups in total. The Kier molecular flexibility index (Phi) is 4.78. The van der Waals surface area contributed by atoms with Crippen molar-refractivity contribution in [3.05, 3.63) is 17.0 Å². The first-order chi connectivity index (χ1) is 7.15. The molecule has 0 aliphatic heterocycles. The van der Waals surface area contributed by atoms with Gasteiger partial charge in [0.25, 0.3) is 0 Å². The van der Waals surface area contributed by atoms with Crippen molar-refractivity contribution in [2.75, 3.05) is 19.0 Å². The molecule has 4 nitrogen and oxygen atoms in total. The van der Waals surface area contributed by atoms with E-state index in [1.165, 1.54) is 6.33 Å². The van der Waals surface area contributed by atoms with Crippen LogP contribution >= 0.6 is 11.6 Å². The highest BCUT2D eigenvalue weighted by Gasteiger charge is 2.07. The number of nitrogens with one attached hydrogen (secondary N) is 1. The molecule has 5 heteroatoms. The molecule has 0 bridgehead atoms. The average molecular weight is 230 g/mol.